The highest BCUT2D eigenvalue weighted by Crippen LogP contribution is 2.35. The van der Waals surface area contributed by atoms with Gasteiger partial charge < -0.3 is 10.4 Å². The quantitative estimate of drug-likeness (QED) is 0.895. The molecule has 1 unspecified atom stereocenters. The Morgan fingerprint density at radius 3 is 2.35 bits per heavy atom. The van der Waals surface area contributed by atoms with Gasteiger partial charge in [0.05, 0.1) is 12.2 Å². The van der Waals surface area contributed by atoms with Crippen LogP contribution in [0.15, 0.2) is 18.2 Å². The van der Waals surface area contributed by atoms with Crippen LogP contribution in [0.25, 0.3) is 0 Å². The van der Waals surface area contributed by atoms with E-state index in [0.717, 1.165) is 6.07 Å². The van der Waals surface area contributed by atoms with Crippen molar-refractivity contribution in [3.05, 3.63) is 34.9 Å². The van der Waals surface area contributed by atoms with Gasteiger partial charge in [0.1, 0.15) is 0 Å². The maximum atomic E-state index is 13.0. The Morgan fingerprint density at radius 2 is 1.90 bits per heavy atom. The second kappa shape index (κ2) is 6.26. The number of alkyl halides is 3. The van der Waals surface area contributed by atoms with E-state index in [2.05, 4.69) is 5.32 Å². The molecule has 0 aliphatic heterocycles. The van der Waals surface area contributed by atoms with Crippen LogP contribution in [-0.4, -0.2) is 23.7 Å². The number of nitrogens with one attached hydrogen (secondary N) is 1. The first-order valence-electron chi connectivity index (χ1n) is 6.29. The van der Waals surface area contributed by atoms with Crippen LogP contribution in [0.3, 0.4) is 0 Å². The van der Waals surface area contributed by atoms with Crippen LogP contribution in [0.1, 0.15) is 48.2 Å². The van der Waals surface area contributed by atoms with Gasteiger partial charge in [-0.25, -0.2) is 0 Å². The Kier molecular flexibility index (Phi) is 5.16. The highest BCUT2D eigenvalue weighted by Gasteiger charge is 2.34. The standard InChI is InChI=1S/C14H18F3NO2/c1-8(2)11-5-4-10(6-12(11)14(15,16)17)13(20)18-9(3)7-19/h4-6,8-9,19H,7H2,1-3H3,(H,18,20). The molecule has 0 saturated carbocycles. The summed E-state index contributed by atoms with van der Waals surface area (Å²) in [6, 6.07) is 3.03. The van der Waals surface area contributed by atoms with E-state index >= 15 is 0 Å². The lowest BCUT2D eigenvalue weighted by molar-refractivity contribution is -0.138. The summed E-state index contributed by atoms with van der Waals surface area (Å²) in [5.74, 6) is -0.924. The normalized spacial score (nSPS) is 13.4. The van der Waals surface area contributed by atoms with Crippen molar-refractivity contribution in [2.24, 2.45) is 0 Å². The SMILES string of the molecule is CC(CO)NC(=O)c1ccc(C(C)C)c(C(F)(F)F)c1. The monoisotopic (exact) mass is 289 g/mol. The molecule has 0 bridgehead atoms. The van der Waals surface area contributed by atoms with Crippen molar-refractivity contribution in [2.45, 2.75) is 38.9 Å². The number of hydrogen-bond donors (Lipinski definition) is 2. The van der Waals surface area contributed by atoms with Crippen LogP contribution in [0, 0.1) is 0 Å². The molecule has 1 amide bonds. The minimum absolute atomic E-state index is 0.0676. The number of hydrogen-bond acceptors (Lipinski definition) is 2. The van der Waals surface area contributed by atoms with Crippen molar-refractivity contribution in [2.75, 3.05) is 6.61 Å². The van der Waals surface area contributed by atoms with E-state index in [-0.39, 0.29) is 23.7 Å². The van der Waals surface area contributed by atoms with Crippen LogP contribution in [0.4, 0.5) is 13.2 Å². The van der Waals surface area contributed by atoms with Gasteiger partial charge in [-0.05, 0) is 30.5 Å². The van der Waals surface area contributed by atoms with Gasteiger partial charge in [-0.1, -0.05) is 19.9 Å². The Morgan fingerprint density at radius 1 is 1.30 bits per heavy atom. The van der Waals surface area contributed by atoms with Crippen molar-refractivity contribution in [3.8, 4) is 0 Å². The lowest BCUT2D eigenvalue weighted by Crippen LogP contribution is -2.35. The Labute approximate surface area is 115 Å². The van der Waals surface area contributed by atoms with Gasteiger partial charge in [0.25, 0.3) is 5.91 Å². The highest BCUT2D eigenvalue weighted by atomic mass is 19.4. The molecule has 0 heterocycles. The topological polar surface area (TPSA) is 49.3 Å². The fraction of sp³-hybridized carbons (Fsp3) is 0.500. The molecule has 2 N–H and O–H groups in total. The summed E-state index contributed by atoms with van der Waals surface area (Å²) in [6.45, 7) is 4.61. The number of amides is 1. The molecule has 0 aliphatic rings. The van der Waals surface area contributed by atoms with Crippen LogP contribution < -0.4 is 5.32 Å². The Bertz CT molecular complexity index is 484. The maximum Gasteiger partial charge on any atom is 0.416 e. The summed E-state index contributed by atoms with van der Waals surface area (Å²) in [7, 11) is 0. The summed E-state index contributed by atoms with van der Waals surface area (Å²) in [5.41, 5.74) is -0.705. The zero-order valence-electron chi connectivity index (χ0n) is 11.6. The summed E-state index contributed by atoms with van der Waals surface area (Å²) < 4.78 is 39.0. The van der Waals surface area contributed by atoms with Gasteiger partial charge in [-0.15, -0.1) is 0 Å². The molecule has 1 atom stereocenters. The molecule has 1 rings (SSSR count). The van der Waals surface area contributed by atoms with Crippen LogP contribution >= 0.6 is 0 Å². The van der Waals surface area contributed by atoms with E-state index in [1.54, 1.807) is 20.8 Å². The van der Waals surface area contributed by atoms with E-state index in [9.17, 15) is 18.0 Å². The first-order valence-corrected chi connectivity index (χ1v) is 6.29. The lowest BCUT2D eigenvalue weighted by atomic mass is 9.94. The molecule has 1 aromatic rings. The fourth-order valence-electron chi connectivity index (χ4n) is 1.80. The molecule has 112 valence electrons. The van der Waals surface area contributed by atoms with Crippen LogP contribution in [0.2, 0.25) is 0 Å². The predicted octanol–water partition coefficient (Wildman–Crippen LogP) is 2.94. The molecule has 3 nitrogen and oxygen atoms in total. The average Bonchev–Trinajstić information content (AvgIpc) is 2.36. The molecule has 0 saturated heterocycles. The number of rotatable bonds is 4. The number of aliphatic hydroxyl groups is 1. The first-order chi connectivity index (χ1) is 9.16. The van der Waals surface area contributed by atoms with E-state index < -0.39 is 23.7 Å². The zero-order chi connectivity index (χ0) is 15.5. The third-order valence-corrected chi connectivity index (χ3v) is 2.89. The Balaban J connectivity index is 3.16. The number of aliphatic hydroxyl groups excluding tert-OH is 1. The number of carbonyl (C=O) groups is 1. The van der Waals surface area contributed by atoms with Crippen molar-refractivity contribution in [1.82, 2.24) is 5.32 Å². The number of halogens is 3. The molecular weight excluding hydrogens is 271 g/mol. The van der Waals surface area contributed by atoms with Crippen LogP contribution in [-0.2, 0) is 6.18 Å². The van der Waals surface area contributed by atoms with Crippen molar-refractivity contribution in [1.29, 1.82) is 0 Å². The van der Waals surface area contributed by atoms with Crippen LogP contribution in [0.5, 0.6) is 0 Å². The first kappa shape index (κ1) is 16.5. The zero-order valence-corrected chi connectivity index (χ0v) is 11.6. The third-order valence-electron chi connectivity index (χ3n) is 2.89. The smallest absolute Gasteiger partial charge is 0.394 e. The van der Waals surface area contributed by atoms with Crippen molar-refractivity contribution in [3.63, 3.8) is 0 Å². The van der Waals surface area contributed by atoms with E-state index in [4.69, 9.17) is 5.11 Å². The molecular formula is C14H18F3NO2. The van der Waals surface area contributed by atoms with Gasteiger partial charge in [0.15, 0.2) is 0 Å². The van der Waals surface area contributed by atoms with E-state index in [1.165, 1.54) is 12.1 Å². The summed E-state index contributed by atoms with van der Waals surface area (Å²) in [4.78, 5) is 11.8. The second-order valence-electron chi connectivity index (χ2n) is 5.01. The molecule has 6 heteroatoms. The average molecular weight is 289 g/mol. The Hall–Kier alpha value is -1.56. The van der Waals surface area contributed by atoms with E-state index in [0.29, 0.717) is 0 Å². The minimum Gasteiger partial charge on any atom is -0.394 e. The fourth-order valence-corrected chi connectivity index (χ4v) is 1.80. The van der Waals surface area contributed by atoms with Gasteiger partial charge in [0.2, 0.25) is 0 Å². The highest BCUT2D eigenvalue weighted by molar-refractivity contribution is 5.94. The molecule has 0 spiro atoms. The van der Waals surface area contributed by atoms with Crippen molar-refractivity contribution < 1.29 is 23.1 Å². The minimum atomic E-state index is -4.50. The summed E-state index contributed by atoms with van der Waals surface area (Å²) in [5, 5.41) is 11.3. The van der Waals surface area contributed by atoms with Gasteiger partial charge in [-0.3, -0.25) is 4.79 Å². The molecule has 1 aromatic carbocycles. The largest absolute Gasteiger partial charge is 0.416 e. The molecule has 0 radical (unpaired) electrons. The molecule has 0 aromatic heterocycles. The van der Waals surface area contributed by atoms with Crippen molar-refractivity contribution >= 4 is 5.91 Å². The lowest BCUT2D eigenvalue weighted by Gasteiger charge is -2.17. The number of carbonyl (C=O) groups excluding carboxylic acids is 1. The second-order valence-corrected chi connectivity index (χ2v) is 5.01. The van der Waals surface area contributed by atoms with Gasteiger partial charge in [0, 0.05) is 11.6 Å². The molecule has 20 heavy (non-hydrogen) atoms. The molecule has 0 fully saturated rings. The maximum absolute atomic E-state index is 13.0. The van der Waals surface area contributed by atoms with Gasteiger partial charge in [-0.2, -0.15) is 13.2 Å². The van der Waals surface area contributed by atoms with E-state index in [1.807, 2.05) is 0 Å². The predicted molar refractivity (Wildman–Crippen MR) is 69.5 cm³/mol. The molecule has 0 aliphatic carbocycles. The summed E-state index contributed by atoms with van der Waals surface area (Å²) >= 11 is 0. The third kappa shape index (κ3) is 3.96. The van der Waals surface area contributed by atoms with Gasteiger partial charge >= 0.3 is 6.18 Å². The summed E-state index contributed by atoms with van der Waals surface area (Å²) in [6.07, 6.45) is -4.50. The number of benzene rings is 1.